The molecule has 0 bridgehead atoms. The van der Waals surface area contributed by atoms with Crippen molar-refractivity contribution in [1.29, 1.82) is 0 Å². The number of alkyl halides is 3. The third kappa shape index (κ3) is 4.17. The number of nitrogens with zero attached hydrogens (tertiary/aromatic N) is 3. The molecule has 31 heavy (non-hydrogen) atoms. The molecule has 0 spiro atoms. The van der Waals surface area contributed by atoms with Gasteiger partial charge in [-0.25, -0.2) is 9.97 Å². The molecule has 2 aromatic carbocycles. The maximum Gasteiger partial charge on any atom is 0.316 e. The zero-order valence-corrected chi connectivity index (χ0v) is 18.7. The Morgan fingerprint density at radius 2 is 2.00 bits per heavy atom. The van der Waals surface area contributed by atoms with Crippen LogP contribution in [0, 0.1) is 0 Å². The highest BCUT2D eigenvalue weighted by Gasteiger charge is 2.29. The number of rotatable bonds is 8. The van der Waals surface area contributed by atoms with Crippen LogP contribution < -0.4 is 5.32 Å². The first-order chi connectivity index (χ1) is 15.0. The molecule has 9 heteroatoms. The van der Waals surface area contributed by atoms with Crippen molar-refractivity contribution in [2.24, 2.45) is 0 Å². The van der Waals surface area contributed by atoms with Gasteiger partial charge in [0.1, 0.15) is 0 Å². The maximum atomic E-state index is 14.3. The molecule has 4 rings (SSSR count). The number of aliphatic hydroxyl groups excluding tert-OH is 2. The van der Waals surface area contributed by atoms with E-state index in [0.29, 0.717) is 35.5 Å². The predicted molar refractivity (Wildman–Crippen MR) is 127 cm³/mol. The zero-order valence-electron chi connectivity index (χ0n) is 16.5. The van der Waals surface area contributed by atoms with Crippen molar-refractivity contribution in [1.82, 2.24) is 14.4 Å². The minimum Gasteiger partial charge on any atom is -0.396 e. The molecule has 6 nitrogen and oxygen atoms in total. The molecule has 0 saturated carbocycles. The number of aliphatic hydroxyl groups is 2. The quantitative estimate of drug-likeness (QED) is 0.177. The van der Waals surface area contributed by atoms with E-state index in [4.69, 9.17) is 5.11 Å². The van der Waals surface area contributed by atoms with Crippen molar-refractivity contribution in [2.75, 3.05) is 18.5 Å². The van der Waals surface area contributed by atoms with E-state index in [9.17, 15) is 13.9 Å². The van der Waals surface area contributed by atoms with Gasteiger partial charge in [-0.1, -0.05) is 22.7 Å². The lowest BCUT2D eigenvalue weighted by atomic mass is 10.1. The minimum absolute atomic E-state index is 0.0219. The van der Waals surface area contributed by atoms with E-state index >= 15 is 0 Å². The van der Waals surface area contributed by atoms with Gasteiger partial charge in [-0.3, -0.25) is 4.40 Å². The third-order valence-corrected chi connectivity index (χ3v) is 6.53. The SMILES string of the molecule is C=IC(F)(F)c1ccc2c(c1)nc(NCCCO)c1ncc(-c3cccc(CO)c3)n12. The Balaban J connectivity index is 1.98. The van der Waals surface area contributed by atoms with E-state index < -0.39 is 24.7 Å². The minimum atomic E-state index is -2.94. The summed E-state index contributed by atoms with van der Waals surface area (Å²) < 4.78 is 31.0. The molecule has 0 amide bonds. The predicted octanol–water partition coefficient (Wildman–Crippen LogP) is 4.29. The molecular weight excluding hydrogens is 517 g/mol. The number of imidazole rings is 1. The number of halogens is 3. The molecule has 3 N–H and O–H groups in total. The summed E-state index contributed by atoms with van der Waals surface area (Å²) in [7, 11) is 0. The summed E-state index contributed by atoms with van der Waals surface area (Å²) >= 11 is -1.57. The Kier molecular flexibility index (Phi) is 6.26. The van der Waals surface area contributed by atoms with Crippen LogP contribution in [0.4, 0.5) is 14.6 Å². The molecular formula is C22H21F2IN4O2. The van der Waals surface area contributed by atoms with Crippen LogP contribution in [0.5, 0.6) is 0 Å². The van der Waals surface area contributed by atoms with Gasteiger partial charge >= 0.3 is 3.93 Å². The van der Waals surface area contributed by atoms with Gasteiger partial charge in [0.05, 0.1) is 29.5 Å². The van der Waals surface area contributed by atoms with E-state index in [0.717, 1.165) is 16.8 Å². The summed E-state index contributed by atoms with van der Waals surface area (Å²) in [5.41, 5.74) is 3.86. The molecule has 0 atom stereocenters. The number of anilines is 1. The summed E-state index contributed by atoms with van der Waals surface area (Å²) in [5.74, 6) is 0.454. The van der Waals surface area contributed by atoms with Crippen LogP contribution in [0.15, 0.2) is 48.7 Å². The average Bonchev–Trinajstić information content (AvgIpc) is 3.24. The fourth-order valence-electron chi connectivity index (χ4n) is 3.43. The molecule has 4 aromatic rings. The number of fused-ring (bicyclic) bond motifs is 3. The second-order valence-electron chi connectivity index (χ2n) is 6.96. The van der Waals surface area contributed by atoms with Crippen molar-refractivity contribution in [3.8, 4) is 11.3 Å². The van der Waals surface area contributed by atoms with Gasteiger partial charge in [-0.05, 0) is 57.0 Å². The molecule has 2 aromatic heterocycles. The third-order valence-electron chi connectivity index (χ3n) is 4.95. The Morgan fingerprint density at radius 3 is 2.74 bits per heavy atom. The smallest absolute Gasteiger partial charge is 0.316 e. The summed E-state index contributed by atoms with van der Waals surface area (Å²) in [6, 6.07) is 11.9. The topological polar surface area (TPSA) is 82.7 Å². The van der Waals surface area contributed by atoms with Crippen LogP contribution >= 0.6 is 20.7 Å². The van der Waals surface area contributed by atoms with E-state index in [1.165, 1.54) is 12.1 Å². The van der Waals surface area contributed by atoms with Crippen LogP contribution in [-0.2, 0) is 10.5 Å². The van der Waals surface area contributed by atoms with Gasteiger partial charge in [-0.2, -0.15) is 8.78 Å². The molecule has 0 aliphatic rings. The van der Waals surface area contributed by atoms with Gasteiger partial charge in [0.15, 0.2) is 11.5 Å². The van der Waals surface area contributed by atoms with Crippen LogP contribution in [0.1, 0.15) is 17.5 Å². The van der Waals surface area contributed by atoms with Gasteiger partial charge < -0.3 is 15.5 Å². The van der Waals surface area contributed by atoms with Crippen molar-refractivity contribution >= 4 is 47.7 Å². The first-order valence-corrected chi connectivity index (χ1v) is 12.2. The number of nitrogens with one attached hydrogen (secondary N) is 1. The lowest BCUT2D eigenvalue weighted by molar-refractivity contribution is 0.127. The Labute approximate surface area is 187 Å². The Morgan fingerprint density at radius 1 is 1.16 bits per heavy atom. The van der Waals surface area contributed by atoms with Gasteiger partial charge in [0.2, 0.25) is 0 Å². The summed E-state index contributed by atoms with van der Waals surface area (Å²) in [5, 5.41) is 21.8. The van der Waals surface area contributed by atoms with Crippen LogP contribution in [0.25, 0.3) is 27.9 Å². The average molecular weight is 538 g/mol. The summed E-state index contributed by atoms with van der Waals surface area (Å²) in [6.07, 6.45) is 2.22. The first kappa shape index (κ1) is 21.7. The zero-order chi connectivity index (χ0) is 22.0. The fourth-order valence-corrected chi connectivity index (χ4v) is 4.20. The highest BCUT2D eigenvalue weighted by Crippen LogP contribution is 2.40. The van der Waals surface area contributed by atoms with Crippen molar-refractivity contribution < 1.29 is 19.0 Å². The number of hydrogen-bond donors (Lipinski definition) is 3. The monoisotopic (exact) mass is 538 g/mol. The van der Waals surface area contributed by atoms with Crippen molar-refractivity contribution in [2.45, 2.75) is 17.0 Å². The van der Waals surface area contributed by atoms with Crippen molar-refractivity contribution in [3.63, 3.8) is 0 Å². The molecule has 0 fully saturated rings. The summed E-state index contributed by atoms with van der Waals surface area (Å²) in [4.78, 5) is 9.09. The number of benzene rings is 2. The van der Waals surface area contributed by atoms with Crippen LogP contribution in [0.2, 0.25) is 0 Å². The van der Waals surface area contributed by atoms with Crippen molar-refractivity contribution in [3.05, 3.63) is 59.8 Å². The van der Waals surface area contributed by atoms with Gasteiger partial charge in [0, 0.05) is 24.3 Å². The van der Waals surface area contributed by atoms with E-state index in [1.807, 2.05) is 28.7 Å². The Bertz CT molecular complexity index is 1260. The number of aromatic nitrogens is 3. The van der Waals surface area contributed by atoms with E-state index in [-0.39, 0.29) is 18.8 Å². The van der Waals surface area contributed by atoms with Crippen LogP contribution in [-0.4, -0.2) is 42.2 Å². The Hall–Kier alpha value is -2.50. The maximum absolute atomic E-state index is 14.3. The molecule has 0 radical (unpaired) electrons. The van der Waals surface area contributed by atoms with E-state index in [2.05, 4.69) is 19.8 Å². The van der Waals surface area contributed by atoms with Gasteiger partial charge in [-0.15, -0.1) is 0 Å². The first-order valence-electron chi connectivity index (χ1n) is 9.62. The lowest BCUT2D eigenvalue weighted by Gasteiger charge is -2.15. The lowest BCUT2D eigenvalue weighted by Crippen LogP contribution is -2.09. The molecule has 162 valence electrons. The standard InChI is InChI=1S/C22H21F2IN4O2/c1-25-22(23,24)16-6-7-18-17(11-16)28-20(26-8-3-9-30)21-27-12-19(29(18)21)15-5-2-4-14(10-15)13-31/h2,4-7,10-12,30-31H,1,3,8-9,13H2,(H,26,28). The van der Waals surface area contributed by atoms with E-state index in [1.54, 1.807) is 12.3 Å². The molecule has 0 unspecified atom stereocenters. The molecule has 2 heterocycles. The largest absolute Gasteiger partial charge is 0.396 e. The summed E-state index contributed by atoms with van der Waals surface area (Å²) in [6.45, 7) is 0.397. The normalized spacial score (nSPS) is 12.0. The highest BCUT2D eigenvalue weighted by atomic mass is 127. The second-order valence-corrected chi connectivity index (χ2v) is 9.08. The highest BCUT2D eigenvalue weighted by molar-refractivity contribution is 14.2. The van der Waals surface area contributed by atoms with Crippen LogP contribution in [0.3, 0.4) is 0 Å². The fraction of sp³-hybridized carbons (Fsp3) is 0.227. The molecule has 0 saturated heterocycles. The van der Waals surface area contributed by atoms with Gasteiger partial charge in [0.25, 0.3) is 0 Å². The second kappa shape index (κ2) is 8.93. The molecule has 0 aliphatic heterocycles. The molecule has 0 aliphatic carbocycles. The number of hydrogen-bond acceptors (Lipinski definition) is 5.